The Morgan fingerprint density at radius 2 is 1.96 bits per heavy atom. The van der Waals surface area contributed by atoms with Gasteiger partial charge in [-0.15, -0.1) is 12.4 Å². The van der Waals surface area contributed by atoms with E-state index in [-0.39, 0.29) is 30.2 Å². The van der Waals surface area contributed by atoms with E-state index in [9.17, 15) is 9.18 Å². The number of halogens is 2. The first kappa shape index (κ1) is 17.9. The van der Waals surface area contributed by atoms with E-state index in [1.165, 1.54) is 12.1 Å². The highest BCUT2D eigenvalue weighted by Gasteiger charge is 2.43. The lowest BCUT2D eigenvalue weighted by Gasteiger charge is -2.18. The number of hydrogen-bond donors (Lipinski definition) is 1. The Morgan fingerprint density at radius 1 is 1.24 bits per heavy atom. The smallest absolute Gasteiger partial charge is 0.257 e. The van der Waals surface area contributed by atoms with Gasteiger partial charge in [-0.3, -0.25) is 4.79 Å². The summed E-state index contributed by atoms with van der Waals surface area (Å²) in [6.07, 6.45) is 3.79. The molecule has 4 rings (SSSR count). The Kier molecular flexibility index (Phi) is 4.84. The number of benzene rings is 1. The molecule has 0 spiro atoms. The summed E-state index contributed by atoms with van der Waals surface area (Å²) in [4.78, 5) is 14.8. The molecule has 134 valence electrons. The zero-order chi connectivity index (χ0) is 16.8. The quantitative estimate of drug-likeness (QED) is 0.890. The Labute approximate surface area is 152 Å². The SMILES string of the molecule is Cc1c(C(=O)N2CC3CCC(N)C3C2)cnn1-c1ccc(F)cc1.Cl. The number of rotatable bonds is 2. The summed E-state index contributed by atoms with van der Waals surface area (Å²) >= 11 is 0. The third-order valence-electron chi connectivity index (χ3n) is 5.51. The molecule has 1 aliphatic heterocycles. The number of amides is 1. The van der Waals surface area contributed by atoms with Crippen LogP contribution >= 0.6 is 12.4 Å². The molecule has 2 heterocycles. The van der Waals surface area contributed by atoms with Gasteiger partial charge in [0.2, 0.25) is 0 Å². The normalized spacial score (nSPS) is 24.9. The highest BCUT2D eigenvalue weighted by atomic mass is 35.5. The van der Waals surface area contributed by atoms with Crippen molar-refractivity contribution >= 4 is 18.3 Å². The van der Waals surface area contributed by atoms with E-state index in [0.717, 1.165) is 37.3 Å². The zero-order valence-electron chi connectivity index (χ0n) is 14.1. The molecule has 2 aromatic rings. The van der Waals surface area contributed by atoms with Crippen LogP contribution in [-0.2, 0) is 0 Å². The van der Waals surface area contributed by atoms with Crippen LogP contribution in [0.5, 0.6) is 0 Å². The van der Waals surface area contributed by atoms with E-state index in [1.807, 2.05) is 11.8 Å². The molecular weight excluding hydrogens is 343 g/mol. The van der Waals surface area contributed by atoms with Crippen molar-refractivity contribution in [2.45, 2.75) is 25.8 Å². The van der Waals surface area contributed by atoms with Gasteiger partial charge < -0.3 is 10.6 Å². The highest BCUT2D eigenvalue weighted by Crippen LogP contribution is 2.37. The van der Waals surface area contributed by atoms with Crippen molar-refractivity contribution in [1.82, 2.24) is 14.7 Å². The van der Waals surface area contributed by atoms with Gasteiger partial charge in [0.05, 0.1) is 23.1 Å². The number of carbonyl (C=O) groups is 1. The van der Waals surface area contributed by atoms with Crippen LogP contribution in [0.3, 0.4) is 0 Å². The molecule has 1 aromatic heterocycles. The van der Waals surface area contributed by atoms with Crippen LogP contribution in [-0.4, -0.2) is 39.7 Å². The number of aromatic nitrogens is 2. The first-order valence-electron chi connectivity index (χ1n) is 8.40. The predicted molar refractivity (Wildman–Crippen MR) is 95.6 cm³/mol. The third-order valence-corrected chi connectivity index (χ3v) is 5.51. The topological polar surface area (TPSA) is 64.2 Å². The lowest BCUT2D eigenvalue weighted by molar-refractivity contribution is 0.0779. The van der Waals surface area contributed by atoms with Crippen LogP contribution in [0.1, 0.15) is 28.9 Å². The highest BCUT2D eigenvalue weighted by molar-refractivity contribution is 5.95. The number of fused-ring (bicyclic) bond motifs is 1. The second kappa shape index (κ2) is 6.77. The molecule has 3 atom stereocenters. The van der Waals surface area contributed by atoms with Crippen molar-refractivity contribution in [2.24, 2.45) is 17.6 Å². The Balaban J connectivity index is 0.00000182. The van der Waals surface area contributed by atoms with Crippen molar-refractivity contribution in [1.29, 1.82) is 0 Å². The standard InChI is InChI=1S/C18H21FN4O.ClH/c1-11-15(8-21-23(11)14-5-3-13(19)4-6-14)18(24)22-9-12-2-7-17(20)16(12)10-22;/h3-6,8,12,16-17H,2,7,9-10,20H2,1H3;1H. The minimum absolute atomic E-state index is 0. The summed E-state index contributed by atoms with van der Waals surface area (Å²) in [6, 6.07) is 6.31. The molecule has 7 heteroatoms. The Morgan fingerprint density at radius 3 is 2.64 bits per heavy atom. The molecule has 25 heavy (non-hydrogen) atoms. The van der Waals surface area contributed by atoms with Crippen molar-refractivity contribution in [3.05, 3.63) is 47.5 Å². The molecule has 1 saturated carbocycles. The fourth-order valence-corrected chi connectivity index (χ4v) is 4.11. The van der Waals surface area contributed by atoms with Crippen LogP contribution < -0.4 is 5.73 Å². The third kappa shape index (κ3) is 3.04. The largest absolute Gasteiger partial charge is 0.338 e. The Hall–Kier alpha value is -1.92. The number of likely N-dealkylation sites (tertiary alicyclic amines) is 1. The van der Waals surface area contributed by atoms with E-state index < -0.39 is 0 Å². The second-order valence-corrected chi connectivity index (χ2v) is 6.91. The van der Waals surface area contributed by atoms with Gasteiger partial charge in [-0.05, 0) is 55.9 Å². The fourth-order valence-electron chi connectivity index (χ4n) is 4.11. The maximum atomic E-state index is 13.1. The lowest BCUT2D eigenvalue weighted by atomic mass is 9.98. The molecule has 1 amide bonds. The lowest BCUT2D eigenvalue weighted by Crippen LogP contribution is -2.33. The number of carbonyl (C=O) groups excluding carboxylic acids is 1. The molecule has 1 aromatic carbocycles. The molecule has 1 saturated heterocycles. The zero-order valence-corrected chi connectivity index (χ0v) is 14.9. The molecule has 0 bridgehead atoms. The van der Waals surface area contributed by atoms with E-state index in [0.29, 0.717) is 17.4 Å². The van der Waals surface area contributed by atoms with Gasteiger partial charge in [0.25, 0.3) is 5.91 Å². The van der Waals surface area contributed by atoms with Crippen LogP contribution in [0.25, 0.3) is 5.69 Å². The first-order chi connectivity index (χ1) is 11.5. The summed E-state index contributed by atoms with van der Waals surface area (Å²) < 4.78 is 14.8. The average Bonchev–Trinajstić information content (AvgIpc) is 3.24. The maximum absolute atomic E-state index is 13.1. The fraction of sp³-hybridized carbons (Fsp3) is 0.444. The maximum Gasteiger partial charge on any atom is 0.257 e. The Bertz CT molecular complexity index is 776. The van der Waals surface area contributed by atoms with Crippen LogP contribution in [0.15, 0.2) is 30.5 Å². The summed E-state index contributed by atoms with van der Waals surface area (Å²) in [5.74, 6) is 0.695. The van der Waals surface area contributed by atoms with Gasteiger partial charge in [-0.25, -0.2) is 9.07 Å². The van der Waals surface area contributed by atoms with Crippen LogP contribution in [0, 0.1) is 24.6 Å². The number of nitrogens with zero attached hydrogens (tertiary/aromatic N) is 3. The van der Waals surface area contributed by atoms with Crippen LogP contribution in [0.2, 0.25) is 0 Å². The van der Waals surface area contributed by atoms with Gasteiger partial charge in [0.15, 0.2) is 0 Å². The molecule has 2 fully saturated rings. The monoisotopic (exact) mass is 364 g/mol. The predicted octanol–water partition coefficient (Wildman–Crippen LogP) is 2.55. The van der Waals surface area contributed by atoms with Crippen LogP contribution in [0.4, 0.5) is 4.39 Å². The van der Waals surface area contributed by atoms with E-state index in [2.05, 4.69) is 5.10 Å². The van der Waals surface area contributed by atoms with E-state index >= 15 is 0 Å². The molecule has 3 unspecified atom stereocenters. The van der Waals surface area contributed by atoms with Crippen molar-refractivity contribution in [3.63, 3.8) is 0 Å². The minimum Gasteiger partial charge on any atom is -0.338 e. The van der Waals surface area contributed by atoms with Gasteiger partial charge in [-0.1, -0.05) is 0 Å². The van der Waals surface area contributed by atoms with Crippen molar-refractivity contribution in [3.8, 4) is 5.69 Å². The van der Waals surface area contributed by atoms with Gasteiger partial charge >= 0.3 is 0 Å². The molecule has 1 aliphatic carbocycles. The average molecular weight is 365 g/mol. The number of nitrogens with two attached hydrogens (primary N) is 1. The van der Waals surface area contributed by atoms with Gasteiger partial charge in [-0.2, -0.15) is 5.10 Å². The van der Waals surface area contributed by atoms with Gasteiger partial charge in [0, 0.05) is 19.1 Å². The van der Waals surface area contributed by atoms with Gasteiger partial charge in [0.1, 0.15) is 5.82 Å². The summed E-state index contributed by atoms with van der Waals surface area (Å²) in [6.45, 7) is 3.40. The second-order valence-electron chi connectivity index (χ2n) is 6.91. The van der Waals surface area contributed by atoms with Crippen molar-refractivity contribution in [2.75, 3.05) is 13.1 Å². The molecule has 2 aliphatic rings. The summed E-state index contributed by atoms with van der Waals surface area (Å²) in [7, 11) is 0. The molecule has 5 nitrogen and oxygen atoms in total. The van der Waals surface area contributed by atoms with Crippen molar-refractivity contribution < 1.29 is 9.18 Å². The van der Waals surface area contributed by atoms with E-state index in [4.69, 9.17) is 5.73 Å². The summed E-state index contributed by atoms with van der Waals surface area (Å²) in [5.41, 5.74) is 8.28. The minimum atomic E-state index is -0.292. The molecule has 0 radical (unpaired) electrons. The molecule has 2 N–H and O–H groups in total. The first-order valence-corrected chi connectivity index (χ1v) is 8.40. The summed E-state index contributed by atoms with van der Waals surface area (Å²) in [5, 5.41) is 4.32. The van der Waals surface area contributed by atoms with E-state index in [1.54, 1.807) is 23.0 Å². The number of hydrogen-bond acceptors (Lipinski definition) is 3. The molecular formula is C18H22ClFN4O.